The molecule has 0 spiro atoms. The summed E-state index contributed by atoms with van der Waals surface area (Å²) in [5.74, 6) is 0.424. The van der Waals surface area contributed by atoms with Crippen LogP contribution in [0.15, 0.2) is 18.5 Å². The molecule has 0 saturated heterocycles. The molecule has 0 bridgehead atoms. The maximum absolute atomic E-state index is 5.45. The van der Waals surface area contributed by atoms with Crippen LogP contribution in [0.3, 0.4) is 0 Å². The summed E-state index contributed by atoms with van der Waals surface area (Å²) in [7, 11) is 1.88. The largest absolute Gasteiger partial charge is 0.382 e. The molecule has 2 heterocycles. The van der Waals surface area contributed by atoms with E-state index in [0.717, 1.165) is 17.1 Å². The van der Waals surface area contributed by atoms with E-state index < -0.39 is 0 Å². The van der Waals surface area contributed by atoms with E-state index >= 15 is 0 Å². The second-order valence-electron chi connectivity index (χ2n) is 3.12. The summed E-state index contributed by atoms with van der Waals surface area (Å²) in [5.41, 5.74) is 8.13. The molecule has 14 heavy (non-hydrogen) atoms. The van der Waals surface area contributed by atoms with Crippen molar-refractivity contribution in [2.75, 3.05) is 5.73 Å². The highest BCUT2D eigenvalue weighted by Crippen LogP contribution is 2.16. The van der Waals surface area contributed by atoms with Gasteiger partial charge in [-0.1, -0.05) is 0 Å². The van der Waals surface area contributed by atoms with Gasteiger partial charge < -0.3 is 5.73 Å². The second kappa shape index (κ2) is 3.10. The monoisotopic (exact) mass is 189 g/mol. The van der Waals surface area contributed by atoms with Gasteiger partial charge >= 0.3 is 0 Å². The lowest BCUT2D eigenvalue weighted by Gasteiger charge is -1.99. The minimum Gasteiger partial charge on any atom is -0.382 e. The summed E-state index contributed by atoms with van der Waals surface area (Å²) < 4.78 is 1.77. The van der Waals surface area contributed by atoms with E-state index in [0.29, 0.717) is 5.82 Å². The molecule has 2 aromatic rings. The van der Waals surface area contributed by atoms with Gasteiger partial charge in [0, 0.05) is 7.05 Å². The van der Waals surface area contributed by atoms with Crippen LogP contribution in [0.5, 0.6) is 0 Å². The highest BCUT2D eigenvalue weighted by atomic mass is 15.3. The fourth-order valence-corrected chi connectivity index (χ4v) is 1.32. The third-order valence-corrected chi connectivity index (χ3v) is 1.94. The van der Waals surface area contributed by atoms with Gasteiger partial charge in [0.05, 0.1) is 23.8 Å². The molecule has 0 atom stereocenters. The van der Waals surface area contributed by atoms with Gasteiger partial charge in [-0.25, -0.2) is 9.97 Å². The first kappa shape index (κ1) is 8.68. The summed E-state index contributed by atoms with van der Waals surface area (Å²) in [6.45, 7) is 1.94. The average Bonchev–Trinajstić information content (AvgIpc) is 2.47. The van der Waals surface area contributed by atoms with Crippen molar-refractivity contribution in [3.63, 3.8) is 0 Å². The van der Waals surface area contributed by atoms with Crippen molar-refractivity contribution in [1.29, 1.82) is 0 Å². The Hall–Kier alpha value is -1.91. The molecule has 0 amide bonds. The predicted octanol–water partition coefficient (Wildman–Crippen LogP) is 0.768. The average molecular weight is 189 g/mol. The molecular weight excluding hydrogens is 178 g/mol. The van der Waals surface area contributed by atoms with Crippen LogP contribution in [0.1, 0.15) is 5.69 Å². The van der Waals surface area contributed by atoms with Crippen molar-refractivity contribution < 1.29 is 0 Å². The maximum Gasteiger partial charge on any atom is 0.141 e. The van der Waals surface area contributed by atoms with E-state index in [9.17, 15) is 0 Å². The number of nitrogen functional groups attached to an aromatic ring is 1. The Morgan fingerprint density at radius 1 is 1.29 bits per heavy atom. The number of rotatable bonds is 1. The Bertz CT molecular complexity index is 443. The third-order valence-electron chi connectivity index (χ3n) is 1.94. The summed E-state index contributed by atoms with van der Waals surface area (Å²) in [6.07, 6.45) is 3.18. The SMILES string of the molecule is Cc1cc(-c2cnc(N)cn2)n(C)n1. The molecule has 0 aliphatic rings. The normalized spacial score (nSPS) is 10.4. The molecule has 2 rings (SSSR count). The summed E-state index contributed by atoms with van der Waals surface area (Å²) >= 11 is 0. The number of hydrogen-bond acceptors (Lipinski definition) is 4. The topological polar surface area (TPSA) is 69.6 Å². The molecule has 0 aliphatic heterocycles. The molecule has 0 fully saturated rings. The number of aromatic nitrogens is 4. The maximum atomic E-state index is 5.45. The Morgan fingerprint density at radius 2 is 2.07 bits per heavy atom. The summed E-state index contributed by atoms with van der Waals surface area (Å²) in [6, 6.07) is 1.96. The van der Waals surface area contributed by atoms with Crippen LogP contribution in [0.2, 0.25) is 0 Å². The standard InChI is InChI=1S/C9H11N5/c1-6-3-8(14(2)13-6)7-4-12-9(10)5-11-7/h3-5H,1-2H3,(H2,10,12). The first-order chi connectivity index (χ1) is 6.66. The number of aryl methyl sites for hydroxylation is 2. The van der Waals surface area contributed by atoms with Gasteiger partial charge in [0.1, 0.15) is 11.5 Å². The smallest absolute Gasteiger partial charge is 0.141 e. The highest BCUT2D eigenvalue weighted by Gasteiger charge is 2.05. The number of nitrogens with zero attached hydrogens (tertiary/aromatic N) is 4. The lowest BCUT2D eigenvalue weighted by Crippen LogP contribution is -1.97. The number of anilines is 1. The molecule has 2 aromatic heterocycles. The zero-order valence-corrected chi connectivity index (χ0v) is 8.10. The zero-order chi connectivity index (χ0) is 10.1. The quantitative estimate of drug-likeness (QED) is 0.719. The van der Waals surface area contributed by atoms with E-state index in [1.807, 2.05) is 20.0 Å². The van der Waals surface area contributed by atoms with Crippen molar-refractivity contribution in [2.24, 2.45) is 7.05 Å². The van der Waals surface area contributed by atoms with Crippen LogP contribution in [0.4, 0.5) is 5.82 Å². The van der Waals surface area contributed by atoms with E-state index in [2.05, 4.69) is 15.1 Å². The molecule has 5 nitrogen and oxygen atoms in total. The molecule has 0 aliphatic carbocycles. The van der Waals surface area contributed by atoms with Gasteiger partial charge in [0.2, 0.25) is 0 Å². The molecule has 0 saturated carbocycles. The molecular formula is C9H11N5. The molecule has 0 aromatic carbocycles. The van der Waals surface area contributed by atoms with Gasteiger partial charge in [-0.15, -0.1) is 0 Å². The second-order valence-corrected chi connectivity index (χ2v) is 3.12. The van der Waals surface area contributed by atoms with Crippen molar-refractivity contribution in [1.82, 2.24) is 19.7 Å². The van der Waals surface area contributed by atoms with Gasteiger partial charge in [-0.3, -0.25) is 4.68 Å². The Kier molecular flexibility index (Phi) is 1.92. The molecule has 0 unspecified atom stereocenters. The van der Waals surface area contributed by atoms with E-state index in [4.69, 9.17) is 5.73 Å². The van der Waals surface area contributed by atoms with Gasteiger partial charge in [0.15, 0.2) is 0 Å². The zero-order valence-electron chi connectivity index (χ0n) is 8.10. The van der Waals surface area contributed by atoms with Crippen LogP contribution in [-0.4, -0.2) is 19.7 Å². The van der Waals surface area contributed by atoms with Crippen LogP contribution < -0.4 is 5.73 Å². The summed E-state index contributed by atoms with van der Waals surface area (Å²) in [5, 5.41) is 4.23. The highest BCUT2D eigenvalue weighted by molar-refractivity contribution is 5.54. The van der Waals surface area contributed by atoms with Crippen molar-refractivity contribution in [2.45, 2.75) is 6.92 Å². The van der Waals surface area contributed by atoms with E-state index in [1.54, 1.807) is 10.9 Å². The lowest BCUT2D eigenvalue weighted by atomic mass is 10.3. The fourth-order valence-electron chi connectivity index (χ4n) is 1.32. The van der Waals surface area contributed by atoms with Gasteiger partial charge in [0.25, 0.3) is 0 Å². The summed E-state index contributed by atoms with van der Waals surface area (Å²) in [4.78, 5) is 8.15. The van der Waals surface area contributed by atoms with Crippen LogP contribution in [-0.2, 0) is 7.05 Å². The van der Waals surface area contributed by atoms with E-state index in [1.165, 1.54) is 6.20 Å². The number of hydrogen-bond donors (Lipinski definition) is 1. The minimum absolute atomic E-state index is 0.424. The first-order valence-corrected chi connectivity index (χ1v) is 4.25. The first-order valence-electron chi connectivity index (χ1n) is 4.25. The molecule has 72 valence electrons. The third kappa shape index (κ3) is 1.44. The van der Waals surface area contributed by atoms with Crippen LogP contribution >= 0.6 is 0 Å². The number of nitrogens with two attached hydrogens (primary N) is 1. The Labute approximate surface area is 81.6 Å². The van der Waals surface area contributed by atoms with Crippen molar-refractivity contribution in [3.8, 4) is 11.4 Å². The molecule has 2 N–H and O–H groups in total. The molecule has 5 heteroatoms. The minimum atomic E-state index is 0.424. The lowest BCUT2D eigenvalue weighted by molar-refractivity contribution is 0.761. The van der Waals surface area contributed by atoms with Crippen molar-refractivity contribution >= 4 is 5.82 Å². The van der Waals surface area contributed by atoms with Crippen LogP contribution in [0, 0.1) is 6.92 Å². The van der Waals surface area contributed by atoms with E-state index in [-0.39, 0.29) is 0 Å². The van der Waals surface area contributed by atoms with Gasteiger partial charge in [-0.2, -0.15) is 5.10 Å². The Balaban J connectivity index is 2.49. The Morgan fingerprint density at radius 3 is 2.57 bits per heavy atom. The fraction of sp³-hybridized carbons (Fsp3) is 0.222. The van der Waals surface area contributed by atoms with Crippen molar-refractivity contribution in [3.05, 3.63) is 24.2 Å². The van der Waals surface area contributed by atoms with Gasteiger partial charge in [-0.05, 0) is 13.0 Å². The predicted molar refractivity (Wildman–Crippen MR) is 53.4 cm³/mol. The van der Waals surface area contributed by atoms with Crippen LogP contribution in [0.25, 0.3) is 11.4 Å². The molecule has 0 radical (unpaired) electrons.